The van der Waals surface area contributed by atoms with Crippen LogP contribution in [0.3, 0.4) is 0 Å². The summed E-state index contributed by atoms with van der Waals surface area (Å²) in [6.45, 7) is 2.64. The molecule has 1 heterocycles. The average Bonchev–Trinajstić information content (AvgIpc) is 3.07. The highest BCUT2D eigenvalue weighted by molar-refractivity contribution is 5.41. The number of benzene rings is 2. The van der Waals surface area contributed by atoms with Gasteiger partial charge in [0.25, 0.3) is 0 Å². The van der Waals surface area contributed by atoms with Crippen molar-refractivity contribution in [2.45, 2.75) is 18.5 Å². The van der Waals surface area contributed by atoms with E-state index in [1.54, 1.807) is 6.07 Å². The molecule has 1 fully saturated rings. The van der Waals surface area contributed by atoms with E-state index in [1.807, 2.05) is 0 Å². The monoisotopic (exact) mass is 328 g/mol. The van der Waals surface area contributed by atoms with Crippen molar-refractivity contribution in [3.8, 4) is 0 Å². The lowest BCUT2D eigenvalue weighted by Gasteiger charge is -2.27. The summed E-state index contributed by atoms with van der Waals surface area (Å²) < 4.78 is 26.6. The molecule has 0 N–H and O–H groups in total. The van der Waals surface area contributed by atoms with E-state index < -0.39 is 11.6 Å². The molecule has 1 aliphatic carbocycles. The molecule has 2 aromatic rings. The van der Waals surface area contributed by atoms with E-state index >= 15 is 0 Å². The molecule has 0 spiro atoms. The Bertz CT molecular complexity index is 759. The van der Waals surface area contributed by atoms with Crippen LogP contribution in [0.4, 0.5) is 8.78 Å². The van der Waals surface area contributed by atoms with Gasteiger partial charge < -0.3 is 4.90 Å². The number of fused-ring (bicyclic) bond motifs is 3. The van der Waals surface area contributed by atoms with Gasteiger partial charge >= 0.3 is 0 Å². The number of hydrogen-bond donors (Lipinski definition) is 0. The summed E-state index contributed by atoms with van der Waals surface area (Å²) in [5.74, 6) is -0.455. The molecule has 1 saturated heterocycles. The van der Waals surface area contributed by atoms with Crippen molar-refractivity contribution in [3.05, 3.63) is 70.8 Å². The first-order valence-electron chi connectivity index (χ1n) is 8.46. The predicted octanol–water partition coefficient (Wildman–Crippen LogP) is 3.80. The van der Waals surface area contributed by atoms with E-state index in [1.165, 1.54) is 23.3 Å². The normalized spacial score (nSPS) is 26.0. The van der Waals surface area contributed by atoms with E-state index in [0.29, 0.717) is 24.4 Å². The van der Waals surface area contributed by atoms with Crippen LogP contribution in [-0.2, 0) is 6.54 Å². The molecule has 4 heteroatoms. The number of hydrogen-bond acceptors (Lipinski definition) is 2. The summed E-state index contributed by atoms with van der Waals surface area (Å²) in [7, 11) is 4.28. The molecule has 0 radical (unpaired) electrons. The lowest BCUT2D eigenvalue weighted by Crippen LogP contribution is -2.28. The first kappa shape index (κ1) is 15.7. The van der Waals surface area contributed by atoms with Gasteiger partial charge in [-0.05, 0) is 48.8 Å². The Hall–Kier alpha value is -1.78. The maximum atomic E-state index is 13.4. The maximum Gasteiger partial charge on any atom is 0.159 e. The molecule has 0 unspecified atom stereocenters. The highest BCUT2D eigenvalue weighted by Gasteiger charge is 2.46. The molecule has 2 aromatic carbocycles. The molecule has 0 saturated carbocycles. The topological polar surface area (TPSA) is 6.48 Å². The van der Waals surface area contributed by atoms with Crippen LogP contribution >= 0.6 is 0 Å². The molecule has 126 valence electrons. The lowest BCUT2D eigenvalue weighted by atomic mass is 9.94. The minimum atomic E-state index is -0.779. The Morgan fingerprint density at radius 3 is 2.46 bits per heavy atom. The smallest absolute Gasteiger partial charge is 0.159 e. The second-order valence-electron chi connectivity index (χ2n) is 7.25. The van der Waals surface area contributed by atoms with Crippen molar-refractivity contribution in [2.24, 2.45) is 5.92 Å². The highest BCUT2D eigenvalue weighted by atomic mass is 19.2. The number of nitrogens with zero attached hydrogens (tertiary/aromatic N) is 2. The standard InChI is InChI=1S/C20H22F2N2/c1-23(2)20-15-6-4-3-5-14(15)16-11-24(12-17(16)20)10-13-7-8-18(21)19(22)9-13/h3-9,16-17,20H,10-12H2,1-2H3/t16-,17-,20-/m0/s1. The Kier molecular flexibility index (Phi) is 3.89. The van der Waals surface area contributed by atoms with Gasteiger partial charge in [0.15, 0.2) is 11.6 Å². The molecule has 2 nitrogen and oxygen atoms in total. The third kappa shape index (κ3) is 2.54. The molecular weight excluding hydrogens is 306 g/mol. The van der Waals surface area contributed by atoms with Crippen LogP contribution in [-0.4, -0.2) is 37.0 Å². The fourth-order valence-electron chi connectivity index (χ4n) is 4.60. The number of halogens is 2. The molecule has 2 aliphatic rings. The second-order valence-corrected chi connectivity index (χ2v) is 7.25. The maximum absolute atomic E-state index is 13.4. The van der Waals surface area contributed by atoms with Gasteiger partial charge in [0.2, 0.25) is 0 Å². The van der Waals surface area contributed by atoms with Crippen molar-refractivity contribution in [1.29, 1.82) is 0 Å². The van der Waals surface area contributed by atoms with Gasteiger partial charge in [0, 0.05) is 31.6 Å². The molecule has 3 atom stereocenters. The number of rotatable bonds is 3. The molecule has 4 rings (SSSR count). The Balaban J connectivity index is 1.57. The first-order chi connectivity index (χ1) is 11.5. The Morgan fingerprint density at radius 2 is 1.75 bits per heavy atom. The van der Waals surface area contributed by atoms with Gasteiger partial charge in [-0.2, -0.15) is 0 Å². The van der Waals surface area contributed by atoms with Crippen molar-refractivity contribution in [3.63, 3.8) is 0 Å². The molecule has 24 heavy (non-hydrogen) atoms. The zero-order valence-corrected chi connectivity index (χ0v) is 14.0. The fraction of sp³-hybridized carbons (Fsp3) is 0.400. The van der Waals surface area contributed by atoms with Crippen LogP contribution in [0, 0.1) is 17.6 Å². The van der Waals surface area contributed by atoms with Crippen LogP contribution in [0.1, 0.15) is 28.7 Å². The van der Waals surface area contributed by atoms with Gasteiger partial charge in [-0.3, -0.25) is 4.90 Å². The average molecular weight is 328 g/mol. The SMILES string of the molecule is CN(C)[C@H]1c2ccccc2[C@@H]2CN(Cc3ccc(F)c(F)c3)C[C@@H]21. The van der Waals surface area contributed by atoms with Crippen LogP contribution in [0.25, 0.3) is 0 Å². The van der Waals surface area contributed by atoms with Crippen molar-refractivity contribution >= 4 is 0 Å². The predicted molar refractivity (Wildman–Crippen MR) is 90.7 cm³/mol. The van der Waals surface area contributed by atoms with E-state index in [0.717, 1.165) is 18.7 Å². The number of likely N-dealkylation sites (tertiary alicyclic amines) is 1. The third-order valence-electron chi connectivity index (χ3n) is 5.51. The minimum Gasteiger partial charge on any atom is -0.302 e. The van der Waals surface area contributed by atoms with Crippen molar-refractivity contribution < 1.29 is 8.78 Å². The van der Waals surface area contributed by atoms with Gasteiger partial charge in [0.05, 0.1) is 0 Å². The van der Waals surface area contributed by atoms with Gasteiger partial charge in [0.1, 0.15) is 0 Å². The largest absolute Gasteiger partial charge is 0.302 e. The highest BCUT2D eigenvalue weighted by Crippen LogP contribution is 2.51. The second kappa shape index (κ2) is 5.94. The molecule has 0 aromatic heterocycles. The summed E-state index contributed by atoms with van der Waals surface area (Å²) in [5, 5.41) is 0. The van der Waals surface area contributed by atoms with Crippen LogP contribution in [0.2, 0.25) is 0 Å². The fourth-order valence-corrected chi connectivity index (χ4v) is 4.60. The zero-order valence-electron chi connectivity index (χ0n) is 14.0. The summed E-state index contributed by atoms with van der Waals surface area (Å²) >= 11 is 0. The van der Waals surface area contributed by atoms with Crippen molar-refractivity contribution in [2.75, 3.05) is 27.2 Å². The summed E-state index contributed by atoms with van der Waals surface area (Å²) in [5.41, 5.74) is 3.74. The molecule has 1 aliphatic heterocycles. The lowest BCUT2D eigenvalue weighted by molar-refractivity contribution is 0.212. The van der Waals surface area contributed by atoms with E-state index in [9.17, 15) is 8.78 Å². The Labute approximate surface area is 141 Å². The molecule has 0 amide bonds. The van der Waals surface area contributed by atoms with Crippen molar-refractivity contribution in [1.82, 2.24) is 9.80 Å². The van der Waals surface area contributed by atoms with Crippen LogP contribution < -0.4 is 0 Å². The van der Waals surface area contributed by atoms with E-state index in [4.69, 9.17) is 0 Å². The van der Waals surface area contributed by atoms with E-state index in [-0.39, 0.29) is 0 Å². The summed E-state index contributed by atoms with van der Waals surface area (Å²) in [6.07, 6.45) is 0. The summed E-state index contributed by atoms with van der Waals surface area (Å²) in [6, 6.07) is 13.4. The first-order valence-corrected chi connectivity index (χ1v) is 8.46. The van der Waals surface area contributed by atoms with Gasteiger partial charge in [-0.1, -0.05) is 30.3 Å². The third-order valence-corrected chi connectivity index (χ3v) is 5.51. The summed E-state index contributed by atoms with van der Waals surface area (Å²) in [4.78, 5) is 4.68. The van der Waals surface area contributed by atoms with Gasteiger partial charge in [-0.25, -0.2) is 8.78 Å². The quantitative estimate of drug-likeness (QED) is 0.846. The van der Waals surface area contributed by atoms with E-state index in [2.05, 4.69) is 48.2 Å². The molecule has 0 bridgehead atoms. The minimum absolute atomic E-state index is 0.432. The van der Waals surface area contributed by atoms with Crippen LogP contribution in [0.15, 0.2) is 42.5 Å². The van der Waals surface area contributed by atoms with Crippen LogP contribution in [0.5, 0.6) is 0 Å². The molecular formula is C20H22F2N2. The zero-order chi connectivity index (χ0) is 16.8. The van der Waals surface area contributed by atoms with Gasteiger partial charge in [-0.15, -0.1) is 0 Å². The Morgan fingerprint density at radius 1 is 1.00 bits per heavy atom.